The number of nitrogens with zero attached hydrogens (tertiary/aromatic N) is 3. The molecule has 3 aromatic rings. The van der Waals surface area contributed by atoms with Gasteiger partial charge in [0.05, 0.1) is 23.1 Å². The van der Waals surface area contributed by atoms with Gasteiger partial charge in [0.2, 0.25) is 0 Å². The van der Waals surface area contributed by atoms with Crippen LogP contribution in [-0.4, -0.2) is 28.5 Å². The lowest BCUT2D eigenvalue weighted by Crippen LogP contribution is -2.37. The second kappa shape index (κ2) is 8.06. The first-order valence-electron chi connectivity index (χ1n) is 8.87. The van der Waals surface area contributed by atoms with Crippen molar-refractivity contribution in [3.05, 3.63) is 71.6 Å². The van der Waals surface area contributed by atoms with Crippen LogP contribution >= 0.6 is 11.3 Å². The van der Waals surface area contributed by atoms with Gasteiger partial charge in [-0.3, -0.25) is 9.78 Å². The van der Waals surface area contributed by atoms with E-state index in [1.54, 1.807) is 12.3 Å². The van der Waals surface area contributed by atoms with Crippen molar-refractivity contribution in [2.75, 3.05) is 16.8 Å². The van der Waals surface area contributed by atoms with Crippen LogP contribution in [0.25, 0.3) is 10.6 Å². The predicted molar refractivity (Wildman–Crippen MR) is 109 cm³/mol. The maximum atomic E-state index is 14.0. The molecule has 1 amide bonds. The fourth-order valence-electron chi connectivity index (χ4n) is 3.04. The third-order valence-electron chi connectivity index (χ3n) is 4.42. The molecule has 1 aromatic carbocycles. The predicted octanol–water partition coefficient (Wildman–Crippen LogP) is 3.79. The normalized spacial score (nSPS) is 16.1. The van der Waals surface area contributed by atoms with E-state index in [9.17, 15) is 13.6 Å². The number of carbonyl (C=O) groups is 1. The molecule has 1 aliphatic heterocycles. The van der Waals surface area contributed by atoms with Crippen molar-refractivity contribution in [2.24, 2.45) is 5.73 Å². The summed E-state index contributed by atoms with van der Waals surface area (Å²) < 4.78 is 28.0. The Bertz CT molecular complexity index is 1060. The smallest absolute Gasteiger partial charge is 0.275 e. The molecule has 3 N–H and O–H groups in total. The fraction of sp³-hybridized carbons (Fsp3) is 0.150. The van der Waals surface area contributed by atoms with Gasteiger partial charge in [-0.2, -0.15) is 0 Å². The molecular weight excluding hydrogens is 396 g/mol. The third-order valence-corrected chi connectivity index (χ3v) is 5.28. The van der Waals surface area contributed by atoms with Crippen LogP contribution < -0.4 is 16.0 Å². The van der Waals surface area contributed by atoms with E-state index in [2.05, 4.69) is 15.3 Å². The Balaban J connectivity index is 1.58. The zero-order chi connectivity index (χ0) is 20.4. The molecule has 3 heterocycles. The van der Waals surface area contributed by atoms with Crippen LogP contribution in [0.4, 0.5) is 20.2 Å². The van der Waals surface area contributed by atoms with Crippen molar-refractivity contribution < 1.29 is 13.6 Å². The number of pyridine rings is 1. The van der Waals surface area contributed by atoms with Gasteiger partial charge in [0, 0.05) is 30.4 Å². The summed E-state index contributed by atoms with van der Waals surface area (Å²) >= 11 is 0.997. The van der Waals surface area contributed by atoms with Crippen molar-refractivity contribution in [3.63, 3.8) is 0 Å². The Labute approximate surface area is 169 Å². The number of nitrogens with two attached hydrogens (primary N) is 1. The number of rotatable bonds is 4. The minimum absolute atomic E-state index is 0.00604. The molecule has 29 heavy (non-hydrogen) atoms. The van der Waals surface area contributed by atoms with Gasteiger partial charge >= 0.3 is 0 Å². The molecular formula is C20H17F2N5OS. The summed E-state index contributed by atoms with van der Waals surface area (Å²) in [5, 5.41) is 4.33. The van der Waals surface area contributed by atoms with Gasteiger partial charge in [0.15, 0.2) is 0 Å². The van der Waals surface area contributed by atoms with E-state index in [-0.39, 0.29) is 22.3 Å². The van der Waals surface area contributed by atoms with Gasteiger partial charge in [0.1, 0.15) is 22.3 Å². The lowest BCUT2D eigenvalue weighted by atomic mass is 10.1. The lowest BCUT2D eigenvalue weighted by Gasteiger charge is -2.29. The van der Waals surface area contributed by atoms with E-state index >= 15 is 0 Å². The third kappa shape index (κ3) is 4.01. The summed E-state index contributed by atoms with van der Waals surface area (Å²) in [7, 11) is 0. The van der Waals surface area contributed by atoms with Gasteiger partial charge in [-0.05, 0) is 24.6 Å². The molecule has 1 atom stereocenters. The van der Waals surface area contributed by atoms with Crippen LogP contribution in [0.5, 0.6) is 0 Å². The fourth-order valence-corrected chi connectivity index (χ4v) is 3.89. The van der Waals surface area contributed by atoms with E-state index in [1.807, 2.05) is 17.2 Å². The van der Waals surface area contributed by atoms with Gasteiger partial charge < -0.3 is 16.0 Å². The van der Waals surface area contributed by atoms with E-state index in [0.717, 1.165) is 35.6 Å². The highest BCUT2D eigenvalue weighted by Gasteiger charge is 2.20. The Hall–Kier alpha value is -3.17. The average Bonchev–Trinajstić information content (AvgIpc) is 3.18. The molecule has 9 heteroatoms. The Morgan fingerprint density at radius 1 is 1.28 bits per heavy atom. The molecule has 0 bridgehead atoms. The highest BCUT2D eigenvalue weighted by Crippen LogP contribution is 2.30. The Kier molecular flexibility index (Phi) is 5.32. The summed E-state index contributed by atoms with van der Waals surface area (Å²) in [6, 6.07) is 5.35. The van der Waals surface area contributed by atoms with E-state index in [1.165, 1.54) is 17.6 Å². The number of aromatic nitrogens is 2. The molecule has 4 rings (SSSR count). The zero-order valence-electron chi connectivity index (χ0n) is 15.2. The summed E-state index contributed by atoms with van der Waals surface area (Å²) in [5.41, 5.74) is 7.07. The summed E-state index contributed by atoms with van der Waals surface area (Å²) in [5.74, 6) is -1.95. The van der Waals surface area contributed by atoms with Crippen molar-refractivity contribution in [1.82, 2.24) is 9.97 Å². The SMILES string of the molecule is N[C@H]1CC=CN(c2ccncc2NC(=O)c2csc(-c3c(F)cccc3F)n2)C1. The average molecular weight is 413 g/mol. The van der Waals surface area contributed by atoms with E-state index in [0.29, 0.717) is 12.2 Å². The maximum Gasteiger partial charge on any atom is 0.275 e. The molecule has 0 fully saturated rings. The topological polar surface area (TPSA) is 84.1 Å². The van der Waals surface area contributed by atoms with Crippen molar-refractivity contribution in [1.29, 1.82) is 0 Å². The molecule has 0 saturated heterocycles. The van der Waals surface area contributed by atoms with Crippen molar-refractivity contribution in [2.45, 2.75) is 12.5 Å². The minimum atomic E-state index is -0.728. The van der Waals surface area contributed by atoms with E-state index in [4.69, 9.17) is 5.73 Å². The number of hydrogen-bond acceptors (Lipinski definition) is 6. The number of thiazole rings is 1. The molecule has 148 valence electrons. The molecule has 1 aliphatic rings. The molecule has 0 unspecified atom stereocenters. The van der Waals surface area contributed by atoms with Gasteiger partial charge in [-0.25, -0.2) is 13.8 Å². The highest BCUT2D eigenvalue weighted by atomic mass is 32.1. The molecule has 6 nitrogen and oxygen atoms in total. The number of halogens is 2. The monoisotopic (exact) mass is 413 g/mol. The first-order valence-corrected chi connectivity index (χ1v) is 9.75. The minimum Gasteiger partial charge on any atom is -0.345 e. The highest BCUT2D eigenvalue weighted by molar-refractivity contribution is 7.13. The molecule has 0 saturated carbocycles. The van der Waals surface area contributed by atoms with E-state index < -0.39 is 17.5 Å². The number of hydrogen-bond donors (Lipinski definition) is 2. The quantitative estimate of drug-likeness (QED) is 0.680. The second-order valence-corrected chi connectivity index (χ2v) is 7.37. The number of nitrogens with one attached hydrogen (secondary N) is 1. The van der Waals surface area contributed by atoms with Gasteiger partial charge in [-0.15, -0.1) is 11.3 Å². The standard InChI is InChI=1S/C20H17F2N5OS/c21-13-4-1-5-14(22)18(13)20-26-16(11-29-20)19(28)25-15-9-24-7-6-17(15)27-8-2-3-12(23)10-27/h1-2,4-9,11-12H,3,10,23H2,(H,25,28)/t12-/m0/s1. The summed E-state index contributed by atoms with van der Waals surface area (Å²) in [6.45, 7) is 0.608. The second-order valence-electron chi connectivity index (χ2n) is 6.51. The van der Waals surface area contributed by atoms with Crippen LogP contribution in [0, 0.1) is 11.6 Å². The van der Waals surface area contributed by atoms with Crippen molar-refractivity contribution in [3.8, 4) is 10.6 Å². The lowest BCUT2D eigenvalue weighted by molar-refractivity contribution is 0.102. The van der Waals surface area contributed by atoms with Crippen LogP contribution in [0.15, 0.2) is 54.3 Å². The van der Waals surface area contributed by atoms with Gasteiger partial charge in [0.25, 0.3) is 5.91 Å². The largest absolute Gasteiger partial charge is 0.345 e. The first kappa shape index (κ1) is 19.2. The Morgan fingerprint density at radius 3 is 2.83 bits per heavy atom. The first-order chi connectivity index (χ1) is 14.0. The van der Waals surface area contributed by atoms with Gasteiger partial charge in [-0.1, -0.05) is 12.1 Å². The summed E-state index contributed by atoms with van der Waals surface area (Å²) in [4.78, 5) is 22.8. The molecule has 2 aromatic heterocycles. The summed E-state index contributed by atoms with van der Waals surface area (Å²) in [6.07, 6.45) is 7.83. The number of carbonyl (C=O) groups excluding carboxylic acids is 1. The number of amides is 1. The van der Waals surface area contributed by atoms with Crippen LogP contribution in [-0.2, 0) is 0 Å². The molecule has 0 spiro atoms. The van der Waals surface area contributed by atoms with Crippen molar-refractivity contribution >= 4 is 28.6 Å². The Morgan fingerprint density at radius 2 is 2.07 bits per heavy atom. The van der Waals surface area contributed by atoms with Crippen LogP contribution in [0.2, 0.25) is 0 Å². The zero-order valence-corrected chi connectivity index (χ0v) is 16.0. The van der Waals surface area contributed by atoms with Crippen LogP contribution in [0.1, 0.15) is 16.9 Å². The maximum absolute atomic E-state index is 14.0. The van der Waals surface area contributed by atoms with Crippen LogP contribution in [0.3, 0.4) is 0 Å². The number of anilines is 2. The molecule has 0 radical (unpaired) electrons. The number of benzene rings is 1. The molecule has 0 aliphatic carbocycles.